The van der Waals surface area contributed by atoms with E-state index in [4.69, 9.17) is 4.98 Å². The molecule has 0 radical (unpaired) electrons. The summed E-state index contributed by atoms with van der Waals surface area (Å²) in [5.74, 6) is 0. The van der Waals surface area contributed by atoms with E-state index in [0.29, 0.717) is 13.1 Å². The van der Waals surface area contributed by atoms with Gasteiger partial charge in [-0.3, -0.25) is 9.88 Å². The van der Waals surface area contributed by atoms with Crippen molar-refractivity contribution in [3.63, 3.8) is 0 Å². The molecular formula is C19H25BrN4O2. The van der Waals surface area contributed by atoms with Crippen molar-refractivity contribution in [3.8, 4) is 0 Å². The van der Waals surface area contributed by atoms with Crippen LogP contribution in [-0.4, -0.2) is 56.1 Å². The Kier molecular flexibility index (Phi) is 5.77. The van der Waals surface area contributed by atoms with Gasteiger partial charge in [0.25, 0.3) is 0 Å². The van der Waals surface area contributed by atoms with E-state index in [1.54, 1.807) is 4.90 Å². The molecule has 0 bridgehead atoms. The second-order valence-electron chi connectivity index (χ2n) is 7.07. The van der Waals surface area contributed by atoms with Gasteiger partial charge in [-0.1, -0.05) is 29.3 Å². The number of carbonyl (C=O) groups is 1. The Balaban J connectivity index is 1.89. The first-order valence-electron chi connectivity index (χ1n) is 9.08. The predicted octanol–water partition coefficient (Wildman–Crippen LogP) is 4.31. The number of fused-ring (bicyclic) bond motifs is 1. The zero-order valence-electron chi connectivity index (χ0n) is 15.4. The quantitative estimate of drug-likeness (QED) is 0.797. The number of hydrogen-bond donors (Lipinski definition) is 1. The first-order chi connectivity index (χ1) is 12.4. The Labute approximate surface area is 162 Å². The summed E-state index contributed by atoms with van der Waals surface area (Å²) >= 11 is 3.47. The molecule has 0 aliphatic carbocycles. The molecule has 3 unspecified atom stereocenters. The van der Waals surface area contributed by atoms with Gasteiger partial charge in [-0.15, -0.1) is 0 Å². The van der Waals surface area contributed by atoms with Gasteiger partial charge in [0, 0.05) is 29.6 Å². The summed E-state index contributed by atoms with van der Waals surface area (Å²) < 4.78 is 0.990. The zero-order valence-corrected chi connectivity index (χ0v) is 17.0. The summed E-state index contributed by atoms with van der Waals surface area (Å²) in [6.45, 7) is 7.54. The summed E-state index contributed by atoms with van der Waals surface area (Å²) in [5.41, 5.74) is 2.72. The molecule has 1 amide bonds. The number of hydrogen-bond acceptors (Lipinski definition) is 4. The SMILES string of the molecule is CCCC(c1cnc2cc(Br)ccc2n1)N1CC(C)N(C(=O)O)C(C)C1. The lowest BCUT2D eigenvalue weighted by Crippen LogP contribution is -2.58. The van der Waals surface area contributed by atoms with Crippen LogP contribution in [0.2, 0.25) is 0 Å². The maximum atomic E-state index is 11.5. The van der Waals surface area contributed by atoms with Crippen LogP contribution in [0.15, 0.2) is 28.9 Å². The number of amides is 1. The second kappa shape index (κ2) is 7.88. The number of halogens is 1. The van der Waals surface area contributed by atoms with Gasteiger partial charge < -0.3 is 10.0 Å². The third-order valence-electron chi connectivity index (χ3n) is 5.04. The maximum Gasteiger partial charge on any atom is 0.407 e. The summed E-state index contributed by atoms with van der Waals surface area (Å²) in [5, 5.41) is 9.45. The summed E-state index contributed by atoms with van der Waals surface area (Å²) in [7, 11) is 0. The predicted molar refractivity (Wildman–Crippen MR) is 105 cm³/mol. The molecule has 1 N–H and O–H groups in total. The van der Waals surface area contributed by atoms with E-state index >= 15 is 0 Å². The Hall–Kier alpha value is -1.73. The van der Waals surface area contributed by atoms with Gasteiger partial charge in [-0.25, -0.2) is 9.78 Å². The molecule has 2 heterocycles. The molecule has 140 valence electrons. The average Bonchev–Trinajstić information content (AvgIpc) is 2.58. The normalized spacial score (nSPS) is 22.5. The Morgan fingerprint density at radius 2 is 2.00 bits per heavy atom. The van der Waals surface area contributed by atoms with Crippen LogP contribution in [0.3, 0.4) is 0 Å². The topological polar surface area (TPSA) is 69.6 Å². The molecule has 7 heteroatoms. The Morgan fingerprint density at radius 3 is 2.62 bits per heavy atom. The molecule has 1 aliphatic rings. The van der Waals surface area contributed by atoms with Gasteiger partial charge >= 0.3 is 6.09 Å². The monoisotopic (exact) mass is 420 g/mol. The minimum absolute atomic E-state index is 0.0417. The highest BCUT2D eigenvalue weighted by atomic mass is 79.9. The van der Waals surface area contributed by atoms with E-state index in [1.807, 2.05) is 38.2 Å². The van der Waals surface area contributed by atoms with E-state index in [9.17, 15) is 9.90 Å². The minimum Gasteiger partial charge on any atom is -0.465 e. The average molecular weight is 421 g/mol. The van der Waals surface area contributed by atoms with Crippen molar-refractivity contribution < 1.29 is 9.90 Å². The number of rotatable bonds is 4. The molecule has 0 saturated carbocycles. The van der Waals surface area contributed by atoms with Gasteiger partial charge in [-0.05, 0) is 38.5 Å². The van der Waals surface area contributed by atoms with Crippen LogP contribution in [-0.2, 0) is 0 Å². The van der Waals surface area contributed by atoms with Gasteiger partial charge in [0.15, 0.2) is 0 Å². The van der Waals surface area contributed by atoms with Crippen LogP contribution < -0.4 is 0 Å². The van der Waals surface area contributed by atoms with Gasteiger partial charge in [-0.2, -0.15) is 0 Å². The van der Waals surface area contributed by atoms with Crippen molar-refractivity contribution in [2.24, 2.45) is 0 Å². The van der Waals surface area contributed by atoms with Gasteiger partial charge in [0.2, 0.25) is 0 Å². The largest absolute Gasteiger partial charge is 0.465 e. The van der Waals surface area contributed by atoms with Gasteiger partial charge in [0.05, 0.1) is 29.0 Å². The summed E-state index contributed by atoms with van der Waals surface area (Å²) in [4.78, 5) is 24.9. The Morgan fingerprint density at radius 1 is 1.31 bits per heavy atom. The number of piperazine rings is 1. The lowest BCUT2D eigenvalue weighted by molar-refractivity contribution is 0.0189. The molecular weight excluding hydrogens is 396 g/mol. The standard InChI is InChI=1S/C19H25BrN4O2/c1-4-5-18(23-10-12(2)24(19(25)26)13(3)11-23)17-9-21-16-8-14(20)6-7-15(16)22-17/h6-9,12-13,18H,4-5,10-11H2,1-3H3,(H,25,26). The minimum atomic E-state index is -0.840. The van der Waals surface area contributed by atoms with Crippen LogP contribution in [0.5, 0.6) is 0 Å². The van der Waals surface area contributed by atoms with Crippen LogP contribution in [0.4, 0.5) is 4.79 Å². The van der Waals surface area contributed by atoms with E-state index in [-0.39, 0.29) is 18.1 Å². The fourth-order valence-corrected chi connectivity index (χ4v) is 4.29. The molecule has 3 rings (SSSR count). The van der Waals surface area contributed by atoms with Crippen LogP contribution >= 0.6 is 15.9 Å². The first kappa shape index (κ1) is 19.0. The van der Waals surface area contributed by atoms with Crippen molar-refractivity contribution in [1.29, 1.82) is 0 Å². The first-order valence-corrected chi connectivity index (χ1v) is 9.87. The van der Waals surface area contributed by atoms with E-state index in [1.165, 1.54) is 0 Å². The molecule has 2 aromatic rings. The van der Waals surface area contributed by atoms with Crippen molar-refractivity contribution in [1.82, 2.24) is 19.8 Å². The third-order valence-corrected chi connectivity index (χ3v) is 5.53. The van der Waals surface area contributed by atoms with Crippen LogP contribution in [0, 0.1) is 0 Å². The van der Waals surface area contributed by atoms with E-state index < -0.39 is 6.09 Å². The third kappa shape index (κ3) is 3.83. The molecule has 1 aliphatic heterocycles. The van der Waals surface area contributed by atoms with E-state index in [0.717, 1.165) is 34.0 Å². The maximum absolute atomic E-state index is 11.5. The highest BCUT2D eigenvalue weighted by molar-refractivity contribution is 9.10. The highest BCUT2D eigenvalue weighted by Gasteiger charge is 2.36. The molecule has 1 aromatic heterocycles. The zero-order chi connectivity index (χ0) is 18.8. The molecule has 1 fully saturated rings. The van der Waals surface area contributed by atoms with Crippen molar-refractivity contribution in [2.45, 2.75) is 51.7 Å². The number of nitrogens with zero attached hydrogens (tertiary/aromatic N) is 4. The van der Waals surface area contributed by atoms with E-state index in [2.05, 4.69) is 32.7 Å². The van der Waals surface area contributed by atoms with Crippen LogP contribution in [0.25, 0.3) is 11.0 Å². The van der Waals surface area contributed by atoms with Crippen LogP contribution in [0.1, 0.15) is 45.3 Å². The molecule has 1 aromatic carbocycles. The lowest BCUT2D eigenvalue weighted by atomic mass is 10.0. The summed E-state index contributed by atoms with van der Waals surface area (Å²) in [6, 6.07) is 6.00. The second-order valence-corrected chi connectivity index (χ2v) is 7.99. The molecule has 1 saturated heterocycles. The highest BCUT2D eigenvalue weighted by Crippen LogP contribution is 2.30. The van der Waals surface area contributed by atoms with Crippen molar-refractivity contribution >= 4 is 33.1 Å². The molecule has 26 heavy (non-hydrogen) atoms. The lowest BCUT2D eigenvalue weighted by Gasteiger charge is -2.45. The smallest absolute Gasteiger partial charge is 0.407 e. The molecule has 0 spiro atoms. The van der Waals surface area contributed by atoms with Gasteiger partial charge in [0.1, 0.15) is 0 Å². The van der Waals surface area contributed by atoms with Crippen molar-refractivity contribution in [2.75, 3.05) is 13.1 Å². The fraction of sp³-hybridized carbons (Fsp3) is 0.526. The number of aromatic nitrogens is 2. The number of carboxylic acid groups (broad SMARTS) is 1. The Bertz CT molecular complexity index is 788. The molecule has 6 nitrogen and oxygen atoms in total. The fourth-order valence-electron chi connectivity index (χ4n) is 3.94. The molecule has 3 atom stereocenters. The van der Waals surface area contributed by atoms with Crippen molar-refractivity contribution in [3.05, 3.63) is 34.6 Å². The number of benzene rings is 1. The summed E-state index contributed by atoms with van der Waals surface area (Å²) in [6.07, 6.45) is 3.04.